The summed E-state index contributed by atoms with van der Waals surface area (Å²) in [5.74, 6) is 0.813. The largest absolute Gasteiger partial charge is 0.490 e. The molecule has 1 fully saturated rings. The number of fused-ring (bicyclic) bond motifs is 2. The van der Waals surface area contributed by atoms with Gasteiger partial charge in [0.25, 0.3) is 5.56 Å². The first kappa shape index (κ1) is 23.5. The molecule has 0 atom stereocenters. The number of hydrogen-bond donors (Lipinski definition) is 2. The van der Waals surface area contributed by atoms with Gasteiger partial charge in [-0.1, -0.05) is 30.3 Å². The topological polar surface area (TPSA) is 130 Å². The van der Waals surface area contributed by atoms with Crippen molar-refractivity contribution in [1.82, 2.24) is 24.4 Å². The second-order valence-electron chi connectivity index (χ2n) is 9.13. The lowest BCUT2D eigenvalue weighted by Gasteiger charge is -2.23. The van der Waals surface area contributed by atoms with E-state index in [4.69, 9.17) is 4.74 Å². The summed E-state index contributed by atoms with van der Waals surface area (Å²) in [6, 6.07) is 13.0. The summed E-state index contributed by atoms with van der Waals surface area (Å²) in [5, 5.41) is 9.83. The maximum atomic E-state index is 12.6. The molecule has 0 radical (unpaired) electrons. The van der Waals surface area contributed by atoms with Crippen molar-refractivity contribution in [2.24, 2.45) is 0 Å². The number of amides is 1. The van der Waals surface area contributed by atoms with Gasteiger partial charge < -0.3 is 19.3 Å². The number of aromatic nitrogens is 4. The van der Waals surface area contributed by atoms with Crippen LogP contribution in [0.3, 0.4) is 0 Å². The molecule has 0 unspecified atom stereocenters. The molecule has 1 saturated carbocycles. The summed E-state index contributed by atoms with van der Waals surface area (Å²) >= 11 is 0. The predicted octanol–water partition coefficient (Wildman–Crippen LogP) is 3.39. The second kappa shape index (κ2) is 9.80. The number of rotatable bonds is 7. The van der Waals surface area contributed by atoms with Crippen molar-refractivity contribution in [1.29, 1.82) is 0 Å². The number of carbonyl (C=O) groups is 1. The van der Waals surface area contributed by atoms with Crippen molar-refractivity contribution in [2.75, 3.05) is 6.54 Å². The van der Waals surface area contributed by atoms with Crippen LogP contribution >= 0.6 is 0 Å². The second-order valence-corrected chi connectivity index (χ2v) is 9.13. The van der Waals surface area contributed by atoms with E-state index in [-0.39, 0.29) is 37.3 Å². The molecule has 186 valence electrons. The highest BCUT2D eigenvalue weighted by molar-refractivity contribution is 5.82. The van der Waals surface area contributed by atoms with Gasteiger partial charge in [-0.05, 0) is 49.8 Å². The third kappa shape index (κ3) is 4.79. The van der Waals surface area contributed by atoms with E-state index in [1.165, 1.54) is 4.90 Å². The van der Waals surface area contributed by atoms with Crippen LogP contribution in [0.4, 0.5) is 4.79 Å². The number of aromatic amines is 1. The number of nitrogens with zero attached hydrogens (tertiary/aromatic N) is 4. The van der Waals surface area contributed by atoms with Gasteiger partial charge in [0.15, 0.2) is 11.5 Å². The van der Waals surface area contributed by atoms with Crippen LogP contribution in [0.1, 0.15) is 36.8 Å². The van der Waals surface area contributed by atoms with Crippen LogP contribution in [0.25, 0.3) is 22.6 Å². The summed E-state index contributed by atoms with van der Waals surface area (Å²) in [6.07, 6.45) is 3.33. The highest BCUT2D eigenvalue weighted by Gasteiger charge is 2.23. The van der Waals surface area contributed by atoms with E-state index in [2.05, 4.69) is 15.0 Å². The molecule has 1 amide bonds. The Kier molecular flexibility index (Phi) is 6.41. The zero-order valence-electron chi connectivity index (χ0n) is 19.9. The molecule has 36 heavy (non-hydrogen) atoms. The lowest BCUT2D eigenvalue weighted by molar-refractivity contribution is 0.140. The fourth-order valence-corrected chi connectivity index (χ4v) is 4.73. The molecule has 10 heteroatoms. The van der Waals surface area contributed by atoms with Gasteiger partial charge in [-0.15, -0.1) is 0 Å². The van der Waals surface area contributed by atoms with Crippen molar-refractivity contribution in [2.45, 2.75) is 51.8 Å². The predicted molar refractivity (Wildman–Crippen MR) is 134 cm³/mol. The zero-order valence-corrected chi connectivity index (χ0v) is 19.9. The van der Waals surface area contributed by atoms with Gasteiger partial charge in [-0.2, -0.15) is 4.98 Å². The maximum absolute atomic E-state index is 12.6. The number of H-pyrrole nitrogens is 1. The molecule has 2 N–H and O–H groups in total. The number of nitrogens with one attached hydrogen (secondary N) is 1. The minimum atomic E-state index is -1.07. The van der Waals surface area contributed by atoms with Crippen LogP contribution in [0.15, 0.2) is 52.1 Å². The Balaban J connectivity index is 1.58. The molecule has 1 aliphatic carbocycles. The van der Waals surface area contributed by atoms with Gasteiger partial charge in [-0.3, -0.25) is 9.78 Å². The Morgan fingerprint density at radius 3 is 2.64 bits per heavy atom. The van der Waals surface area contributed by atoms with Crippen molar-refractivity contribution < 1.29 is 14.6 Å². The van der Waals surface area contributed by atoms with Crippen molar-refractivity contribution in [3.8, 4) is 17.3 Å². The molecular weight excluding hydrogens is 462 g/mol. The third-order valence-electron chi connectivity index (χ3n) is 6.58. The number of aryl methyl sites for hydroxylation is 1. The van der Waals surface area contributed by atoms with Gasteiger partial charge in [0, 0.05) is 25.7 Å². The van der Waals surface area contributed by atoms with Gasteiger partial charge in [0.05, 0.1) is 17.1 Å². The molecule has 2 aliphatic heterocycles. The molecule has 0 saturated heterocycles. The van der Waals surface area contributed by atoms with Gasteiger partial charge >= 0.3 is 11.8 Å². The molecule has 5 rings (SSSR count). The maximum Gasteiger partial charge on any atom is 0.407 e. The number of ether oxygens (including phenoxy) is 1. The van der Waals surface area contributed by atoms with Gasteiger partial charge in [0.2, 0.25) is 0 Å². The monoisotopic (exact) mass is 489 g/mol. The van der Waals surface area contributed by atoms with Crippen LogP contribution < -0.4 is 16.0 Å². The summed E-state index contributed by atoms with van der Waals surface area (Å²) in [6.45, 7) is 2.40. The van der Waals surface area contributed by atoms with E-state index in [1.807, 2.05) is 49.4 Å². The lowest BCUT2D eigenvalue weighted by atomic mass is 10.1. The molecule has 2 aromatic carbocycles. The van der Waals surface area contributed by atoms with Crippen molar-refractivity contribution >= 4 is 17.1 Å². The Morgan fingerprint density at radius 1 is 1.17 bits per heavy atom. The van der Waals surface area contributed by atoms with Crippen LogP contribution in [-0.2, 0) is 13.1 Å². The fraction of sp³-hybridized carbons (Fsp3) is 0.346. The minimum Gasteiger partial charge on any atom is -0.490 e. The summed E-state index contributed by atoms with van der Waals surface area (Å²) in [7, 11) is 0. The van der Waals surface area contributed by atoms with Gasteiger partial charge in [0.1, 0.15) is 5.75 Å². The highest BCUT2D eigenvalue weighted by atomic mass is 16.5. The van der Waals surface area contributed by atoms with E-state index in [1.54, 1.807) is 4.57 Å². The Labute approximate surface area is 206 Å². The molecule has 0 bridgehead atoms. The van der Waals surface area contributed by atoms with Crippen molar-refractivity contribution in [3.05, 3.63) is 74.4 Å². The molecule has 0 spiro atoms. The summed E-state index contributed by atoms with van der Waals surface area (Å²) in [4.78, 5) is 48.7. The van der Waals surface area contributed by atoms with E-state index >= 15 is 0 Å². The Morgan fingerprint density at radius 2 is 1.92 bits per heavy atom. The normalized spacial score (nSPS) is 13.9. The van der Waals surface area contributed by atoms with E-state index in [9.17, 15) is 19.5 Å². The van der Waals surface area contributed by atoms with E-state index in [0.29, 0.717) is 16.8 Å². The molecule has 0 aromatic heterocycles. The fourth-order valence-electron chi connectivity index (χ4n) is 4.73. The van der Waals surface area contributed by atoms with E-state index < -0.39 is 17.3 Å². The average Bonchev–Trinajstić information content (AvgIpc) is 3.36. The number of carboxylic acid groups (broad SMARTS) is 1. The van der Waals surface area contributed by atoms with Gasteiger partial charge in [-0.25, -0.2) is 14.6 Å². The number of hydrogen-bond acceptors (Lipinski definition) is 6. The Bertz CT molecular complexity index is 1490. The average molecular weight is 490 g/mol. The highest BCUT2D eigenvalue weighted by Crippen LogP contribution is 2.31. The van der Waals surface area contributed by atoms with Crippen LogP contribution in [0.2, 0.25) is 0 Å². The third-order valence-corrected chi connectivity index (χ3v) is 6.58. The number of benzene rings is 2. The smallest absolute Gasteiger partial charge is 0.407 e. The van der Waals surface area contributed by atoms with Crippen LogP contribution in [0, 0.1) is 6.92 Å². The van der Waals surface area contributed by atoms with Crippen LogP contribution in [-0.4, -0.2) is 48.3 Å². The quantitative estimate of drug-likeness (QED) is 0.381. The van der Waals surface area contributed by atoms with E-state index in [0.717, 1.165) is 36.8 Å². The van der Waals surface area contributed by atoms with Crippen LogP contribution in [0.5, 0.6) is 5.75 Å². The molecule has 3 aliphatic rings. The standard InChI is InChI=1S/C26H27N5O5/c1-16-13-19-20(14-21(16)36-18-9-5-6-10-18)31(23-22(27-19)24(32)29-25(33)28-23)12-11-30(26(34)35)15-17-7-3-2-4-8-17/h2-4,7-8,13-14,18H,5-6,9-12,15H2,1H3,(H,34,35)(H,29,32,33). The summed E-state index contributed by atoms with van der Waals surface area (Å²) < 4.78 is 7.97. The molecule has 2 aromatic rings. The first-order valence-electron chi connectivity index (χ1n) is 12.0. The zero-order chi connectivity index (χ0) is 25.2. The molecule has 10 nitrogen and oxygen atoms in total. The molecular formula is C26H27N5O5. The molecule has 2 heterocycles. The Hall–Kier alpha value is -4.21. The minimum absolute atomic E-state index is 0.0240. The lowest BCUT2D eigenvalue weighted by Crippen LogP contribution is -2.34. The first-order valence-corrected chi connectivity index (χ1v) is 12.0. The SMILES string of the molecule is Cc1cc2nc3c(=O)[nH]c(=O)nc-3n(CCN(Cc3ccccc3)C(=O)O)c2cc1OC1CCCC1. The first-order chi connectivity index (χ1) is 17.4. The summed E-state index contributed by atoms with van der Waals surface area (Å²) in [5.41, 5.74) is 1.50. The van der Waals surface area contributed by atoms with Crippen molar-refractivity contribution in [3.63, 3.8) is 0 Å².